The highest BCUT2D eigenvalue weighted by Crippen LogP contribution is 2.42. The number of nitriles is 1. The van der Waals surface area contributed by atoms with E-state index in [1.807, 2.05) is 0 Å². The second-order valence-electron chi connectivity index (χ2n) is 8.70. The van der Waals surface area contributed by atoms with Gasteiger partial charge in [-0.25, -0.2) is 8.78 Å². The van der Waals surface area contributed by atoms with Crippen LogP contribution in [0, 0.1) is 36.8 Å². The Morgan fingerprint density at radius 3 is 2.33 bits per heavy atom. The number of Topliss-reactive ketones (excluding diaryl/α,β-unsaturated/α-hetero) is 1. The molecule has 0 amide bonds. The number of carbonyl (C=O) groups is 1. The van der Waals surface area contributed by atoms with Gasteiger partial charge in [0, 0.05) is 23.5 Å². The molecule has 4 saturated heterocycles. The van der Waals surface area contributed by atoms with E-state index in [4.69, 9.17) is 10.00 Å². The van der Waals surface area contributed by atoms with Crippen LogP contribution in [0.1, 0.15) is 53.0 Å². The number of benzene rings is 1. The largest absolute Gasteiger partial charge is 0.375 e. The SMILES string of the molecule is Cc1c(F)c(C(=O)CN2C3CC4CC2CC(C3)O4)c(C)n1-c1ccc(C#N)c(F)c1. The standard InChI is InChI=1S/C23H23F2N3O2/c1-12-22(21(29)11-27-16-5-18-7-17(27)8-19(6-16)30-18)23(25)13(2)28(12)15-4-3-14(10-26)20(24)9-15/h3-4,9,16-19H,5-8,11H2,1-2H3. The molecule has 1 aromatic heterocycles. The minimum absolute atomic E-state index is 0.0716. The Bertz CT molecular complexity index is 1060. The molecule has 0 radical (unpaired) electrons. The first-order chi connectivity index (χ1) is 14.4. The third kappa shape index (κ3) is 2.90. The molecular weight excluding hydrogens is 388 g/mol. The van der Waals surface area contributed by atoms with Crippen molar-refractivity contribution in [2.75, 3.05) is 6.54 Å². The Labute approximate surface area is 173 Å². The van der Waals surface area contributed by atoms with Crippen molar-refractivity contribution in [3.05, 3.63) is 52.3 Å². The van der Waals surface area contributed by atoms with Gasteiger partial charge >= 0.3 is 0 Å². The first kappa shape index (κ1) is 19.4. The van der Waals surface area contributed by atoms with Gasteiger partial charge in [-0.15, -0.1) is 0 Å². The lowest BCUT2D eigenvalue weighted by molar-refractivity contribution is -0.179. The topological polar surface area (TPSA) is 58.3 Å². The highest BCUT2D eigenvalue weighted by molar-refractivity contribution is 5.99. The Kier molecular flexibility index (Phi) is 4.53. The second-order valence-corrected chi connectivity index (χ2v) is 8.70. The van der Waals surface area contributed by atoms with Gasteiger partial charge < -0.3 is 9.30 Å². The number of halogens is 2. The monoisotopic (exact) mass is 411 g/mol. The molecular formula is C23H23F2N3O2. The summed E-state index contributed by atoms with van der Waals surface area (Å²) >= 11 is 0. The van der Waals surface area contributed by atoms with E-state index in [-0.39, 0.29) is 29.1 Å². The molecule has 7 heteroatoms. The molecule has 5 heterocycles. The third-order valence-electron chi connectivity index (χ3n) is 6.97. The lowest BCUT2D eigenvalue weighted by Crippen LogP contribution is -2.63. The van der Waals surface area contributed by atoms with Crippen molar-refractivity contribution in [2.24, 2.45) is 0 Å². The van der Waals surface area contributed by atoms with E-state index in [1.165, 1.54) is 12.1 Å². The summed E-state index contributed by atoms with van der Waals surface area (Å²) in [6, 6.07) is 6.56. The maximum absolute atomic E-state index is 15.2. The zero-order valence-corrected chi connectivity index (χ0v) is 17.0. The second kappa shape index (κ2) is 7.00. The minimum Gasteiger partial charge on any atom is -0.375 e. The quantitative estimate of drug-likeness (QED) is 0.718. The number of carbonyl (C=O) groups excluding carboxylic acids is 1. The van der Waals surface area contributed by atoms with E-state index < -0.39 is 11.6 Å². The fraction of sp³-hybridized carbons (Fsp3) is 0.478. The molecule has 0 unspecified atom stereocenters. The molecule has 0 saturated carbocycles. The first-order valence-electron chi connectivity index (χ1n) is 10.4. The molecule has 0 N–H and O–H groups in total. The van der Waals surface area contributed by atoms with Crippen LogP contribution in [0.3, 0.4) is 0 Å². The van der Waals surface area contributed by atoms with Crippen LogP contribution in [-0.2, 0) is 4.74 Å². The lowest BCUT2D eigenvalue weighted by Gasteiger charge is -2.56. The predicted molar refractivity (Wildman–Crippen MR) is 106 cm³/mol. The molecule has 0 spiro atoms. The Balaban J connectivity index is 1.45. The maximum atomic E-state index is 15.2. The third-order valence-corrected chi connectivity index (χ3v) is 6.97. The Hall–Kier alpha value is -2.56. The zero-order valence-electron chi connectivity index (χ0n) is 17.0. The highest BCUT2D eigenvalue weighted by atomic mass is 19.1. The predicted octanol–water partition coefficient (Wildman–Crippen LogP) is 3.82. The number of nitrogens with zero attached hydrogens (tertiary/aromatic N) is 3. The smallest absolute Gasteiger partial charge is 0.181 e. The van der Waals surface area contributed by atoms with Crippen molar-refractivity contribution in [3.8, 4) is 11.8 Å². The number of piperidine rings is 2. The maximum Gasteiger partial charge on any atom is 0.181 e. The zero-order chi connectivity index (χ0) is 21.2. The van der Waals surface area contributed by atoms with Gasteiger partial charge in [0.05, 0.1) is 35.6 Å². The van der Waals surface area contributed by atoms with Crippen molar-refractivity contribution in [1.29, 1.82) is 5.26 Å². The Morgan fingerprint density at radius 1 is 1.13 bits per heavy atom. The summed E-state index contributed by atoms with van der Waals surface area (Å²) in [7, 11) is 0. The van der Waals surface area contributed by atoms with Crippen molar-refractivity contribution in [3.63, 3.8) is 0 Å². The molecule has 5 nitrogen and oxygen atoms in total. The van der Waals surface area contributed by atoms with E-state index in [0.29, 0.717) is 35.7 Å². The minimum atomic E-state index is -0.669. The van der Waals surface area contributed by atoms with Crippen LogP contribution >= 0.6 is 0 Å². The summed E-state index contributed by atoms with van der Waals surface area (Å²) in [6.07, 6.45) is 4.34. The summed E-state index contributed by atoms with van der Waals surface area (Å²) in [5.41, 5.74) is 1.10. The summed E-state index contributed by atoms with van der Waals surface area (Å²) in [5.74, 6) is -1.47. The molecule has 0 aliphatic carbocycles. The molecule has 0 atom stereocenters. The van der Waals surface area contributed by atoms with E-state index in [2.05, 4.69) is 4.90 Å². The van der Waals surface area contributed by atoms with Gasteiger partial charge in [0.2, 0.25) is 0 Å². The number of ketones is 1. The number of hydrogen-bond acceptors (Lipinski definition) is 4. The fourth-order valence-electron chi connectivity index (χ4n) is 5.68. The van der Waals surface area contributed by atoms with E-state index in [9.17, 15) is 9.18 Å². The summed E-state index contributed by atoms with van der Waals surface area (Å²) in [5, 5.41) is 8.94. The summed E-state index contributed by atoms with van der Waals surface area (Å²) in [4.78, 5) is 15.4. The number of rotatable bonds is 4. The van der Waals surface area contributed by atoms with Crippen molar-refractivity contribution in [2.45, 2.75) is 63.8 Å². The van der Waals surface area contributed by atoms with E-state index in [1.54, 1.807) is 30.6 Å². The van der Waals surface area contributed by atoms with Crippen LogP contribution in [0.15, 0.2) is 18.2 Å². The van der Waals surface area contributed by atoms with Gasteiger partial charge in [0.25, 0.3) is 0 Å². The van der Waals surface area contributed by atoms with Crippen molar-refractivity contribution >= 4 is 5.78 Å². The molecule has 156 valence electrons. The number of aromatic nitrogens is 1. The van der Waals surface area contributed by atoms with Crippen LogP contribution in [0.2, 0.25) is 0 Å². The molecule has 2 aromatic rings. The molecule has 30 heavy (non-hydrogen) atoms. The van der Waals surface area contributed by atoms with Gasteiger partial charge in [-0.1, -0.05) is 0 Å². The van der Waals surface area contributed by atoms with Crippen LogP contribution < -0.4 is 0 Å². The normalized spacial score (nSPS) is 27.4. The van der Waals surface area contributed by atoms with Crippen LogP contribution in [-0.4, -0.2) is 46.1 Å². The first-order valence-corrected chi connectivity index (χ1v) is 10.4. The van der Waals surface area contributed by atoms with Gasteiger partial charge in [-0.3, -0.25) is 9.69 Å². The van der Waals surface area contributed by atoms with Gasteiger partial charge in [0.15, 0.2) is 11.6 Å². The molecule has 4 aliphatic heterocycles. The van der Waals surface area contributed by atoms with Gasteiger partial charge in [-0.2, -0.15) is 5.26 Å². The van der Waals surface area contributed by atoms with Gasteiger partial charge in [-0.05, 0) is 57.7 Å². The lowest BCUT2D eigenvalue weighted by atomic mass is 9.78. The number of hydrogen-bond donors (Lipinski definition) is 0. The van der Waals surface area contributed by atoms with Crippen molar-refractivity contribution in [1.82, 2.24) is 9.47 Å². The van der Waals surface area contributed by atoms with Crippen LogP contribution in [0.4, 0.5) is 8.78 Å². The average Bonchev–Trinajstić information content (AvgIpc) is 2.92. The average molecular weight is 411 g/mol. The van der Waals surface area contributed by atoms with Crippen LogP contribution in [0.5, 0.6) is 0 Å². The summed E-state index contributed by atoms with van der Waals surface area (Å²) < 4.78 is 36.8. The number of ether oxygens (including phenoxy) is 1. The fourth-order valence-corrected chi connectivity index (χ4v) is 5.68. The molecule has 4 fully saturated rings. The van der Waals surface area contributed by atoms with E-state index in [0.717, 1.165) is 25.7 Å². The van der Waals surface area contributed by atoms with E-state index >= 15 is 4.39 Å². The molecule has 6 rings (SSSR count). The van der Waals surface area contributed by atoms with Crippen molar-refractivity contribution < 1.29 is 18.3 Å². The molecule has 1 aromatic carbocycles. The molecule has 4 bridgehead atoms. The van der Waals surface area contributed by atoms with Crippen LogP contribution in [0.25, 0.3) is 5.69 Å². The molecule has 4 aliphatic rings. The highest BCUT2D eigenvalue weighted by Gasteiger charge is 2.48. The summed E-state index contributed by atoms with van der Waals surface area (Å²) in [6.45, 7) is 3.45. The Morgan fingerprint density at radius 2 is 1.77 bits per heavy atom. The van der Waals surface area contributed by atoms with Gasteiger partial charge in [0.1, 0.15) is 11.9 Å².